The highest BCUT2D eigenvalue weighted by molar-refractivity contribution is 5.83. The Hall–Kier alpha value is -3.57. The van der Waals surface area contributed by atoms with E-state index in [1.165, 1.54) is 24.5 Å². The summed E-state index contributed by atoms with van der Waals surface area (Å²) in [6.07, 6.45) is 2.26. The van der Waals surface area contributed by atoms with E-state index in [1.807, 2.05) is 0 Å². The van der Waals surface area contributed by atoms with E-state index in [-0.39, 0.29) is 49.6 Å². The predicted octanol–water partition coefficient (Wildman–Crippen LogP) is 5.24. The van der Waals surface area contributed by atoms with Crippen molar-refractivity contribution in [2.45, 2.75) is 43.7 Å². The fourth-order valence-corrected chi connectivity index (χ4v) is 5.18. The van der Waals surface area contributed by atoms with Crippen LogP contribution in [0.4, 0.5) is 17.6 Å². The van der Waals surface area contributed by atoms with Gasteiger partial charge in [-0.25, -0.2) is 23.7 Å². The van der Waals surface area contributed by atoms with Gasteiger partial charge in [0.25, 0.3) is 0 Å². The van der Waals surface area contributed by atoms with Crippen LogP contribution in [-0.2, 0) is 10.4 Å². The number of aromatic nitrogens is 4. The summed E-state index contributed by atoms with van der Waals surface area (Å²) in [7, 11) is 0. The van der Waals surface area contributed by atoms with Gasteiger partial charge >= 0.3 is 6.61 Å². The molecule has 4 aromatic rings. The minimum atomic E-state index is -3.01. The van der Waals surface area contributed by atoms with E-state index in [1.54, 1.807) is 28.8 Å². The highest BCUT2D eigenvalue weighted by Gasteiger charge is 2.38. The molecule has 2 aromatic carbocycles. The molecule has 0 aliphatic carbocycles. The van der Waals surface area contributed by atoms with Crippen molar-refractivity contribution in [3.63, 3.8) is 0 Å². The highest BCUT2D eigenvalue weighted by atomic mass is 19.3. The number of ether oxygens (including phenoxy) is 2. The molecule has 1 N–H and O–H groups in total. The van der Waals surface area contributed by atoms with E-state index in [0.29, 0.717) is 28.0 Å². The number of alkyl halides is 3. The molecule has 11 heteroatoms. The van der Waals surface area contributed by atoms with Crippen molar-refractivity contribution in [1.82, 2.24) is 19.5 Å². The number of fused-ring (bicyclic) bond motifs is 3. The van der Waals surface area contributed by atoms with Crippen LogP contribution in [0, 0.1) is 5.82 Å². The Labute approximate surface area is 208 Å². The zero-order valence-corrected chi connectivity index (χ0v) is 19.5. The van der Waals surface area contributed by atoms with Gasteiger partial charge in [0.05, 0.1) is 30.3 Å². The van der Waals surface area contributed by atoms with Gasteiger partial charge in [0.1, 0.15) is 23.5 Å². The summed E-state index contributed by atoms with van der Waals surface area (Å²) in [6, 6.07) is 8.59. The second kappa shape index (κ2) is 9.07. The second-order valence-corrected chi connectivity index (χ2v) is 9.22. The molecule has 2 atom stereocenters. The van der Waals surface area contributed by atoms with Crippen LogP contribution in [0.3, 0.4) is 0 Å². The maximum Gasteiger partial charge on any atom is 0.387 e. The molecule has 192 valence electrons. The van der Waals surface area contributed by atoms with Gasteiger partial charge in [0.15, 0.2) is 11.5 Å². The molecule has 7 nitrogen and oxygen atoms in total. The van der Waals surface area contributed by atoms with Crippen molar-refractivity contribution in [2.24, 2.45) is 0 Å². The third kappa shape index (κ3) is 4.11. The van der Waals surface area contributed by atoms with E-state index in [0.717, 1.165) is 0 Å². The molecule has 1 saturated heterocycles. The summed E-state index contributed by atoms with van der Waals surface area (Å²) in [4.78, 5) is 12.8. The van der Waals surface area contributed by atoms with Crippen molar-refractivity contribution in [3.05, 3.63) is 71.8 Å². The van der Waals surface area contributed by atoms with Crippen LogP contribution in [0.15, 0.2) is 48.8 Å². The first-order chi connectivity index (χ1) is 17.8. The molecular weight excluding hydrogens is 492 g/mol. The summed E-state index contributed by atoms with van der Waals surface area (Å²) in [5.41, 5.74) is 0.0562. The van der Waals surface area contributed by atoms with Gasteiger partial charge in [0, 0.05) is 54.4 Å². The minimum absolute atomic E-state index is 0.0102. The van der Waals surface area contributed by atoms with Crippen LogP contribution >= 0.6 is 0 Å². The van der Waals surface area contributed by atoms with Crippen molar-refractivity contribution in [2.75, 3.05) is 13.2 Å². The number of aliphatic hydroxyl groups excluding tert-OH is 1. The molecule has 0 bridgehead atoms. The summed E-state index contributed by atoms with van der Waals surface area (Å²) < 4.78 is 68.1. The third-order valence-corrected chi connectivity index (χ3v) is 7.00. The van der Waals surface area contributed by atoms with E-state index in [9.17, 15) is 13.9 Å². The maximum atomic E-state index is 15.2. The normalized spacial score (nSPS) is 20.9. The van der Waals surface area contributed by atoms with E-state index < -0.39 is 30.2 Å². The number of para-hydroxylation sites is 1. The van der Waals surface area contributed by atoms with Gasteiger partial charge in [-0.15, -0.1) is 0 Å². The minimum Gasteiger partial charge on any atom is -0.434 e. The standard InChI is InChI=1S/C26H22F4N4O3/c27-17-10-18-20(9-16(17)14-12-31-24(32-13-14)26(30)5-7-36-8-6-26)34-19(11-21(35)23(34)33-18)15-3-1-2-4-22(15)37-25(28)29/h1-4,9-10,12-13,19,21,25,35H,5-8,11H2/t19-,21-/m1/s1. The molecule has 0 spiro atoms. The summed E-state index contributed by atoms with van der Waals surface area (Å²) in [6.45, 7) is -2.46. The molecule has 0 radical (unpaired) electrons. The van der Waals surface area contributed by atoms with Crippen LogP contribution in [0.25, 0.3) is 22.2 Å². The van der Waals surface area contributed by atoms with Crippen molar-refractivity contribution < 1.29 is 32.1 Å². The van der Waals surface area contributed by atoms with Gasteiger partial charge < -0.3 is 19.1 Å². The summed E-state index contributed by atoms with van der Waals surface area (Å²) in [5, 5.41) is 10.7. The zero-order chi connectivity index (χ0) is 25.7. The Balaban J connectivity index is 1.42. The Kier molecular flexibility index (Phi) is 5.84. The van der Waals surface area contributed by atoms with Crippen LogP contribution in [-0.4, -0.2) is 44.5 Å². The molecular formula is C26H22F4N4O3. The monoisotopic (exact) mass is 514 g/mol. The molecule has 6 rings (SSSR count). The largest absolute Gasteiger partial charge is 0.434 e. The van der Waals surface area contributed by atoms with Crippen molar-refractivity contribution in [3.8, 4) is 16.9 Å². The fraction of sp³-hybridized carbons (Fsp3) is 0.346. The number of rotatable bonds is 5. The van der Waals surface area contributed by atoms with Gasteiger partial charge in [-0.3, -0.25) is 0 Å². The summed E-state index contributed by atoms with van der Waals surface area (Å²) in [5.74, 6) is -0.267. The van der Waals surface area contributed by atoms with Gasteiger partial charge in [-0.2, -0.15) is 8.78 Å². The molecule has 0 unspecified atom stereocenters. The third-order valence-electron chi connectivity index (χ3n) is 7.00. The molecule has 0 saturated carbocycles. The van der Waals surface area contributed by atoms with Crippen molar-refractivity contribution >= 4 is 11.0 Å². The van der Waals surface area contributed by atoms with Crippen molar-refractivity contribution in [1.29, 1.82) is 0 Å². The zero-order valence-electron chi connectivity index (χ0n) is 19.5. The van der Waals surface area contributed by atoms with Gasteiger partial charge in [0.2, 0.25) is 0 Å². The molecule has 0 amide bonds. The quantitative estimate of drug-likeness (QED) is 0.367. The lowest BCUT2D eigenvalue weighted by Crippen LogP contribution is -2.31. The Bertz CT molecular complexity index is 1450. The van der Waals surface area contributed by atoms with E-state index >= 15 is 8.78 Å². The Morgan fingerprint density at radius 1 is 1.11 bits per heavy atom. The Morgan fingerprint density at radius 2 is 1.84 bits per heavy atom. The number of aliphatic hydroxyl groups is 1. The van der Waals surface area contributed by atoms with Crippen LogP contribution < -0.4 is 4.74 Å². The molecule has 2 aliphatic rings. The number of nitrogens with zero attached hydrogens (tertiary/aromatic N) is 4. The molecule has 1 fully saturated rings. The van der Waals surface area contributed by atoms with E-state index in [4.69, 9.17) is 9.47 Å². The number of halogens is 4. The number of hydrogen-bond donors (Lipinski definition) is 1. The molecule has 37 heavy (non-hydrogen) atoms. The van der Waals surface area contributed by atoms with E-state index in [2.05, 4.69) is 15.0 Å². The maximum absolute atomic E-state index is 15.2. The van der Waals surface area contributed by atoms with Crippen LogP contribution in [0.2, 0.25) is 0 Å². The lowest BCUT2D eigenvalue weighted by molar-refractivity contribution is -0.0507. The molecule has 2 aliphatic heterocycles. The van der Waals surface area contributed by atoms with Crippen LogP contribution in [0.5, 0.6) is 5.75 Å². The topological polar surface area (TPSA) is 82.3 Å². The predicted molar refractivity (Wildman–Crippen MR) is 124 cm³/mol. The number of imidazole rings is 1. The lowest BCUT2D eigenvalue weighted by Gasteiger charge is -2.27. The second-order valence-electron chi connectivity index (χ2n) is 9.22. The Morgan fingerprint density at radius 3 is 2.57 bits per heavy atom. The highest BCUT2D eigenvalue weighted by Crippen LogP contribution is 2.45. The van der Waals surface area contributed by atoms with Gasteiger partial charge in [-0.05, 0) is 12.1 Å². The summed E-state index contributed by atoms with van der Waals surface area (Å²) >= 11 is 0. The number of hydrogen-bond acceptors (Lipinski definition) is 6. The smallest absolute Gasteiger partial charge is 0.387 e. The van der Waals surface area contributed by atoms with Gasteiger partial charge in [-0.1, -0.05) is 18.2 Å². The molecule has 4 heterocycles. The number of benzene rings is 2. The first-order valence-electron chi connectivity index (χ1n) is 11.9. The molecule has 2 aromatic heterocycles. The first kappa shape index (κ1) is 23.8. The fourth-order valence-electron chi connectivity index (χ4n) is 5.18. The SMILES string of the molecule is O[C@@H]1C[C@H](c2ccccc2OC(F)F)n2c1nc1cc(F)c(-c3cnc(C4(F)CCOCC4)nc3)cc12. The lowest BCUT2D eigenvalue weighted by atomic mass is 9.95. The average molecular weight is 514 g/mol. The first-order valence-corrected chi connectivity index (χ1v) is 11.9. The average Bonchev–Trinajstić information content (AvgIpc) is 3.41. The van der Waals surface area contributed by atoms with Crippen LogP contribution in [0.1, 0.15) is 48.6 Å².